The Morgan fingerprint density at radius 3 is 2.80 bits per heavy atom. The number of aliphatic hydroxyl groups is 1. The molecule has 1 aliphatic heterocycles. The van der Waals surface area contributed by atoms with Gasteiger partial charge in [0.2, 0.25) is 5.78 Å². The van der Waals surface area contributed by atoms with Gasteiger partial charge in [0.15, 0.2) is 5.76 Å². The largest absolute Gasteiger partial charge is 0.503 e. The molecule has 1 aromatic carbocycles. The zero-order valence-corrected chi connectivity index (χ0v) is 15.8. The first-order valence-electron chi connectivity index (χ1n) is 7.61. The Morgan fingerprint density at radius 1 is 1.36 bits per heavy atom. The zero-order valence-electron chi connectivity index (χ0n) is 13.4. The highest BCUT2D eigenvalue weighted by atomic mass is 79.9. The molecule has 25 heavy (non-hydrogen) atoms. The van der Waals surface area contributed by atoms with E-state index in [4.69, 9.17) is 4.74 Å². The molecule has 0 saturated carbocycles. The Labute approximate surface area is 157 Å². The minimum Gasteiger partial charge on any atom is -0.503 e. The fourth-order valence-electron chi connectivity index (χ4n) is 2.87. The van der Waals surface area contributed by atoms with Gasteiger partial charge in [0.25, 0.3) is 5.91 Å². The first-order chi connectivity index (χ1) is 12.0. The van der Waals surface area contributed by atoms with Crippen LogP contribution in [0.2, 0.25) is 0 Å². The second-order valence-electron chi connectivity index (χ2n) is 5.52. The summed E-state index contributed by atoms with van der Waals surface area (Å²) >= 11 is 4.70. The molecule has 0 aliphatic carbocycles. The number of halogens is 1. The van der Waals surface area contributed by atoms with Crippen molar-refractivity contribution in [1.82, 2.24) is 4.90 Å². The maximum absolute atomic E-state index is 12.9. The minimum atomic E-state index is -0.644. The highest BCUT2D eigenvalue weighted by Gasteiger charge is 2.43. The number of hydrogen-bond acceptors (Lipinski definition) is 5. The lowest BCUT2D eigenvalue weighted by molar-refractivity contribution is -0.130. The van der Waals surface area contributed by atoms with Crippen LogP contribution in [0, 0.1) is 0 Å². The van der Waals surface area contributed by atoms with Crippen LogP contribution in [-0.2, 0) is 9.53 Å². The molecule has 0 fully saturated rings. The van der Waals surface area contributed by atoms with Gasteiger partial charge in [-0.1, -0.05) is 34.1 Å². The van der Waals surface area contributed by atoms with Gasteiger partial charge in [-0.2, -0.15) is 0 Å². The van der Waals surface area contributed by atoms with Crippen molar-refractivity contribution in [3.8, 4) is 0 Å². The second kappa shape index (κ2) is 7.51. The molecule has 2 aromatic rings. The predicted octanol–water partition coefficient (Wildman–Crippen LogP) is 3.74. The van der Waals surface area contributed by atoms with Crippen LogP contribution in [0.1, 0.15) is 21.3 Å². The monoisotopic (exact) mass is 421 g/mol. The minimum absolute atomic E-state index is 0.113. The van der Waals surface area contributed by atoms with Crippen LogP contribution >= 0.6 is 27.3 Å². The topological polar surface area (TPSA) is 66.8 Å². The first kappa shape index (κ1) is 17.8. The van der Waals surface area contributed by atoms with Crippen LogP contribution < -0.4 is 0 Å². The molecule has 1 amide bonds. The second-order valence-corrected chi connectivity index (χ2v) is 7.38. The summed E-state index contributed by atoms with van der Waals surface area (Å²) in [6.45, 7) is 0.585. The standard InChI is InChI=1S/C18H16BrNO4S/c1-24-8-7-20-15(11-4-2-5-12(19)10-11)14(17(22)18(20)23)16(21)13-6-3-9-25-13/h2-6,9-10,15,22H,7-8H2,1H3. The molecule has 3 rings (SSSR count). The van der Waals surface area contributed by atoms with Gasteiger partial charge in [0.1, 0.15) is 0 Å². The Morgan fingerprint density at radius 2 is 2.16 bits per heavy atom. The third kappa shape index (κ3) is 3.40. The van der Waals surface area contributed by atoms with E-state index in [1.165, 1.54) is 16.2 Å². The number of hydrogen-bond donors (Lipinski definition) is 1. The number of Topliss-reactive ketones (excluding diaryl/α,β-unsaturated/α-hetero) is 1. The van der Waals surface area contributed by atoms with Gasteiger partial charge in [0.05, 0.1) is 23.1 Å². The highest BCUT2D eigenvalue weighted by Crippen LogP contribution is 2.39. The zero-order chi connectivity index (χ0) is 18.0. The molecule has 1 aliphatic rings. The molecule has 130 valence electrons. The maximum atomic E-state index is 12.9. The number of ketones is 1. The summed E-state index contributed by atoms with van der Waals surface area (Å²) in [5, 5.41) is 12.2. The lowest BCUT2D eigenvalue weighted by Crippen LogP contribution is -2.33. The predicted molar refractivity (Wildman–Crippen MR) is 98.8 cm³/mol. The fraction of sp³-hybridized carbons (Fsp3) is 0.222. The van der Waals surface area contributed by atoms with Gasteiger partial charge >= 0.3 is 0 Å². The van der Waals surface area contributed by atoms with Crippen molar-refractivity contribution in [1.29, 1.82) is 0 Å². The van der Waals surface area contributed by atoms with E-state index in [9.17, 15) is 14.7 Å². The van der Waals surface area contributed by atoms with E-state index < -0.39 is 17.7 Å². The smallest absolute Gasteiger partial charge is 0.290 e. The van der Waals surface area contributed by atoms with Gasteiger partial charge in [-0.15, -0.1) is 11.3 Å². The third-order valence-electron chi connectivity index (χ3n) is 3.99. The van der Waals surface area contributed by atoms with Crippen LogP contribution in [0.4, 0.5) is 0 Å². The summed E-state index contributed by atoms with van der Waals surface area (Å²) in [6, 6.07) is 10.2. The molecule has 0 radical (unpaired) electrons. The summed E-state index contributed by atoms with van der Waals surface area (Å²) in [5.74, 6) is -1.37. The van der Waals surface area contributed by atoms with Crippen LogP contribution in [0.25, 0.3) is 0 Å². The molecule has 7 heteroatoms. The number of methoxy groups -OCH3 is 1. The Hall–Kier alpha value is -1.96. The van der Waals surface area contributed by atoms with E-state index >= 15 is 0 Å². The van der Waals surface area contributed by atoms with Crippen molar-refractivity contribution in [2.24, 2.45) is 0 Å². The summed E-state index contributed by atoms with van der Waals surface area (Å²) in [7, 11) is 1.54. The van der Waals surface area contributed by atoms with Gasteiger partial charge in [-0.3, -0.25) is 9.59 Å². The number of aliphatic hydroxyl groups excluding tert-OH is 1. The molecule has 0 spiro atoms. The van der Waals surface area contributed by atoms with Gasteiger partial charge in [0, 0.05) is 18.1 Å². The van der Waals surface area contributed by atoms with Crippen LogP contribution in [0.5, 0.6) is 0 Å². The van der Waals surface area contributed by atoms with Crippen molar-refractivity contribution in [2.75, 3.05) is 20.3 Å². The molecule has 1 atom stereocenters. The van der Waals surface area contributed by atoms with E-state index in [0.717, 1.165) is 10.0 Å². The number of rotatable bonds is 6. The quantitative estimate of drug-likeness (QED) is 0.721. The number of thiophene rings is 1. The fourth-order valence-corrected chi connectivity index (χ4v) is 3.96. The Bertz CT molecular complexity index is 831. The molecule has 0 saturated heterocycles. The van der Waals surface area contributed by atoms with Gasteiger partial charge in [-0.25, -0.2) is 0 Å². The molecule has 5 nitrogen and oxygen atoms in total. The van der Waals surface area contributed by atoms with Crippen LogP contribution in [0.3, 0.4) is 0 Å². The Kier molecular flexibility index (Phi) is 5.36. The molecule has 0 bridgehead atoms. The van der Waals surface area contributed by atoms with Crippen molar-refractivity contribution in [3.05, 3.63) is 68.0 Å². The van der Waals surface area contributed by atoms with E-state index in [2.05, 4.69) is 15.9 Å². The molecular weight excluding hydrogens is 406 g/mol. The van der Waals surface area contributed by atoms with Crippen molar-refractivity contribution in [2.45, 2.75) is 6.04 Å². The van der Waals surface area contributed by atoms with Gasteiger partial charge in [-0.05, 0) is 29.1 Å². The number of amides is 1. The Balaban J connectivity index is 2.08. The molecular formula is C18H16BrNO4S. The van der Waals surface area contributed by atoms with E-state index in [1.54, 1.807) is 24.6 Å². The number of nitrogens with zero attached hydrogens (tertiary/aromatic N) is 1. The van der Waals surface area contributed by atoms with Gasteiger partial charge < -0.3 is 14.7 Å². The maximum Gasteiger partial charge on any atom is 0.290 e. The van der Waals surface area contributed by atoms with E-state index in [0.29, 0.717) is 11.5 Å². The van der Waals surface area contributed by atoms with Crippen molar-refractivity contribution in [3.63, 3.8) is 0 Å². The summed E-state index contributed by atoms with van der Waals surface area (Å²) in [5.41, 5.74) is 0.865. The number of carbonyl (C=O) groups is 2. The molecule has 2 heterocycles. The van der Waals surface area contributed by atoms with Crippen LogP contribution in [-0.4, -0.2) is 42.0 Å². The molecule has 1 unspecified atom stereocenters. The lowest BCUT2D eigenvalue weighted by Gasteiger charge is -2.26. The summed E-state index contributed by atoms with van der Waals surface area (Å²) < 4.78 is 5.91. The van der Waals surface area contributed by atoms with Crippen molar-refractivity contribution >= 4 is 39.0 Å². The lowest BCUT2D eigenvalue weighted by atomic mass is 9.95. The number of ether oxygens (including phenoxy) is 1. The molecule has 1 aromatic heterocycles. The van der Waals surface area contributed by atoms with E-state index in [1.807, 2.05) is 24.3 Å². The number of carbonyl (C=O) groups excluding carboxylic acids is 2. The van der Waals surface area contributed by atoms with Crippen LogP contribution in [0.15, 0.2) is 57.6 Å². The highest BCUT2D eigenvalue weighted by molar-refractivity contribution is 9.10. The number of benzene rings is 1. The SMILES string of the molecule is COCCN1C(=O)C(O)=C(C(=O)c2cccs2)C1c1cccc(Br)c1. The normalized spacial score (nSPS) is 17.4. The van der Waals surface area contributed by atoms with E-state index in [-0.39, 0.29) is 17.9 Å². The average molecular weight is 422 g/mol. The first-order valence-corrected chi connectivity index (χ1v) is 9.28. The van der Waals surface area contributed by atoms with Crippen molar-refractivity contribution < 1.29 is 19.4 Å². The summed E-state index contributed by atoms with van der Waals surface area (Å²) in [4.78, 5) is 27.5. The average Bonchev–Trinajstić information content (AvgIpc) is 3.21. The summed E-state index contributed by atoms with van der Waals surface area (Å²) in [6.07, 6.45) is 0. The third-order valence-corrected chi connectivity index (χ3v) is 5.36. The molecule has 1 N–H and O–H groups in total.